The summed E-state index contributed by atoms with van der Waals surface area (Å²) < 4.78 is 7.37. The lowest BCUT2D eigenvalue weighted by Gasteiger charge is -2.16. The van der Waals surface area contributed by atoms with Gasteiger partial charge in [-0.2, -0.15) is 5.10 Å². The van der Waals surface area contributed by atoms with Gasteiger partial charge in [-0.3, -0.25) is 4.68 Å². The Balaban J connectivity index is 2.39. The molecule has 0 radical (unpaired) electrons. The van der Waals surface area contributed by atoms with E-state index in [1.165, 1.54) is 0 Å². The van der Waals surface area contributed by atoms with Crippen LogP contribution in [0.1, 0.15) is 38.9 Å². The van der Waals surface area contributed by atoms with Crippen molar-refractivity contribution in [2.45, 2.75) is 52.1 Å². The van der Waals surface area contributed by atoms with Gasteiger partial charge in [-0.25, -0.2) is 4.98 Å². The van der Waals surface area contributed by atoms with Crippen LogP contribution in [0.15, 0.2) is 6.33 Å². The second-order valence-electron chi connectivity index (χ2n) is 4.43. The fourth-order valence-corrected chi connectivity index (χ4v) is 1.99. The summed E-state index contributed by atoms with van der Waals surface area (Å²) in [5, 5.41) is 7.61. The normalized spacial score (nSPS) is 12.8. The van der Waals surface area contributed by atoms with Gasteiger partial charge in [0, 0.05) is 32.2 Å². The molecule has 0 aliphatic carbocycles. The molecule has 0 aliphatic rings. The Morgan fingerprint density at radius 2 is 2.28 bits per heavy atom. The lowest BCUT2D eigenvalue weighted by atomic mass is 10.1. The van der Waals surface area contributed by atoms with Crippen molar-refractivity contribution in [3.05, 3.63) is 12.2 Å². The summed E-state index contributed by atoms with van der Waals surface area (Å²) in [6.07, 6.45) is 5.86. The van der Waals surface area contributed by atoms with Crippen LogP contribution in [0.2, 0.25) is 0 Å². The zero-order valence-electron chi connectivity index (χ0n) is 11.9. The standard InChI is InChI=1S/C13H26N4O/c1-4-8-17-13(15-11-16-17)10-12(14-3)7-6-9-18-5-2/h11-12,14H,4-10H2,1-3H3. The highest BCUT2D eigenvalue weighted by atomic mass is 16.5. The van der Waals surface area contributed by atoms with Crippen molar-refractivity contribution in [1.29, 1.82) is 0 Å². The minimum absolute atomic E-state index is 0.449. The molecule has 0 amide bonds. The van der Waals surface area contributed by atoms with Crippen molar-refractivity contribution in [3.63, 3.8) is 0 Å². The summed E-state index contributed by atoms with van der Waals surface area (Å²) in [5.74, 6) is 1.08. The molecule has 1 aromatic rings. The Morgan fingerprint density at radius 3 is 2.94 bits per heavy atom. The molecule has 0 bridgehead atoms. The van der Waals surface area contributed by atoms with Crippen LogP contribution in [0.3, 0.4) is 0 Å². The first-order chi connectivity index (χ1) is 8.81. The largest absolute Gasteiger partial charge is 0.382 e. The molecule has 5 nitrogen and oxygen atoms in total. The van der Waals surface area contributed by atoms with Crippen LogP contribution < -0.4 is 5.32 Å². The van der Waals surface area contributed by atoms with Gasteiger partial charge in [0.05, 0.1) is 0 Å². The Morgan fingerprint density at radius 1 is 1.44 bits per heavy atom. The molecule has 1 N–H and O–H groups in total. The van der Waals surface area contributed by atoms with E-state index in [1.54, 1.807) is 6.33 Å². The van der Waals surface area contributed by atoms with Gasteiger partial charge in [0.15, 0.2) is 0 Å². The number of aryl methyl sites for hydroxylation is 1. The highest BCUT2D eigenvalue weighted by Crippen LogP contribution is 2.06. The molecule has 1 unspecified atom stereocenters. The molecule has 0 saturated carbocycles. The summed E-state index contributed by atoms with van der Waals surface area (Å²) >= 11 is 0. The number of aromatic nitrogens is 3. The fraction of sp³-hybridized carbons (Fsp3) is 0.846. The van der Waals surface area contributed by atoms with E-state index in [1.807, 2.05) is 18.7 Å². The number of ether oxygens (including phenoxy) is 1. The molecule has 104 valence electrons. The first-order valence-corrected chi connectivity index (χ1v) is 6.93. The van der Waals surface area contributed by atoms with Gasteiger partial charge in [0.25, 0.3) is 0 Å². The van der Waals surface area contributed by atoms with Gasteiger partial charge in [-0.1, -0.05) is 6.92 Å². The van der Waals surface area contributed by atoms with Gasteiger partial charge in [0.2, 0.25) is 0 Å². The molecule has 0 aromatic carbocycles. The summed E-state index contributed by atoms with van der Waals surface area (Å²) in [6.45, 7) is 6.78. The van der Waals surface area contributed by atoms with E-state index in [2.05, 4.69) is 22.3 Å². The fourth-order valence-electron chi connectivity index (χ4n) is 1.99. The van der Waals surface area contributed by atoms with Crippen LogP contribution >= 0.6 is 0 Å². The van der Waals surface area contributed by atoms with E-state index in [9.17, 15) is 0 Å². The van der Waals surface area contributed by atoms with Crippen molar-refractivity contribution < 1.29 is 4.74 Å². The summed E-state index contributed by atoms with van der Waals surface area (Å²) in [6, 6.07) is 0.449. The van der Waals surface area contributed by atoms with Gasteiger partial charge in [-0.05, 0) is 33.2 Å². The molecular weight excluding hydrogens is 228 g/mol. The summed E-state index contributed by atoms with van der Waals surface area (Å²) in [4.78, 5) is 4.35. The molecule has 0 saturated heterocycles. The maximum absolute atomic E-state index is 5.36. The average molecular weight is 254 g/mol. The Labute approximate surface area is 110 Å². The van der Waals surface area contributed by atoms with Crippen molar-refractivity contribution in [3.8, 4) is 0 Å². The molecule has 1 atom stereocenters. The quantitative estimate of drug-likeness (QED) is 0.645. The van der Waals surface area contributed by atoms with Gasteiger partial charge < -0.3 is 10.1 Å². The number of rotatable bonds is 10. The smallest absolute Gasteiger partial charge is 0.138 e. The molecule has 0 aliphatic heterocycles. The number of nitrogens with zero attached hydrogens (tertiary/aromatic N) is 3. The third-order valence-electron chi connectivity index (χ3n) is 3.01. The Bertz CT molecular complexity index is 314. The second kappa shape index (κ2) is 9.05. The zero-order chi connectivity index (χ0) is 13.2. The topological polar surface area (TPSA) is 52.0 Å². The van der Waals surface area contributed by atoms with Crippen molar-refractivity contribution >= 4 is 0 Å². The first-order valence-electron chi connectivity index (χ1n) is 6.93. The monoisotopic (exact) mass is 254 g/mol. The molecule has 5 heteroatoms. The minimum atomic E-state index is 0.449. The Kier molecular flexibility index (Phi) is 7.60. The maximum Gasteiger partial charge on any atom is 0.138 e. The van der Waals surface area contributed by atoms with Crippen LogP contribution in [0, 0.1) is 0 Å². The molecule has 0 fully saturated rings. The van der Waals surface area contributed by atoms with E-state index in [-0.39, 0.29) is 0 Å². The van der Waals surface area contributed by atoms with Crippen molar-refractivity contribution in [2.75, 3.05) is 20.3 Å². The molecule has 0 spiro atoms. The SMILES string of the molecule is CCCn1ncnc1CC(CCCOCC)NC. The van der Waals surface area contributed by atoms with Gasteiger partial charge in [0.1, 0.15) is 12.2 Å². The summed E-state index contributed by atoms with van der Waals surface area (Å²) in [7, 11) is 2.01. The molecule has 1 rings (SSSR count). The molecule has 18 heavy (non-hydrogen) atoms. The number of hydrogen-bond donors (Lipinski definition) is 1. The predicted molar refractivity (Wildman–Crippen MR) is 72.6 cm³/mol. The van der Waals surface area contributed by atoms with Crippen LogP contribution in [-0.2, 0) is 17.7 Å². The van der Waals surface area contributed by atoms with Gasteiger partial charge >= 0.3 is 0 Å². The third kappa shape index (κ3) is 5.14. The maximum atomic E-state index is 5.36. The lowest BCUT2D eigenvalue weighted by Crippen LogP contribution is -2.29. The highest BCUT2D eigenvalue weighted by Gasteiger charge is 2.11. The zero-order valence-corrected chi connectivity index (χ0v) is 11.9. The van der Waals surface area contributed by atoms with Crippen LogP contribution in [0.5, 0.6) is 0 Å². The molecular formula is C13H26N4O. The van der Waals surface area contributed by atoms with E-state index in [0.29, 0.717) is 6.04 Å². The number of hydrogen-bond acceptors (Lipinski definition) is 4. The second-order valence-corrected chi connectivity index (χ2v) is 4.43. The van der Waals surface area contributed by atoms with E-state index in [0.717, 1.165) is 51.3 Å². The van der Waals surface area contributed by atoms with E-state index < -0.39 is 0 Å². The predicted octanol–water partition coefficient (Wildman–Crippen LogP) is 1.64. The van der Waals surface area contributed by atoms with Crippen LogP contribution in [0.25, 0.3) is 0 Å². The van der Waals surface area contributed by atoms with Crippen molar-refractivity contribution in [1.82, 2.24) is 20.1 Å². The molecule has 1 aromatic heterocycles. The summed E-state index contributed by atoms with van der Waals surface area (Å²) in [5.41, 5.74) is 0. The lowest BCUT2D eigenvalue weighted by molar-refractivity contribution is 0.141. The van der Waals surface area contributed by atoms with Crippen LogP contribution in [0.4, 0.5) is 0 Å². The average Bonchev–Trinajstić information content (AvgIpc) is 2.81. The van der Waals surface area contributed by atoms with Crippen molar-refractivity contribution in [2.24, 2.45) is 0 Å². The molecule has 1 heterocycles. The third-order valence-corrected chi connectivity index (χ3v) is 3.01. The van der Waals surface area contributed by atoms with E-state index >= 15 is 0 Å². The van der Waals surface area contributed by atoms with Gasteiger partial charge in [-0.15, -0.1) is 0 Å². The van der Waals surface area contributed by atoms with Crippen LogP contribution in [-0.4, -0.2) is 41.1 Å². The van der Waals surface area contributed by atoms with E-state index in [4.69, 9.17) is 4.74 Å². The highest BCUT2D eigenvalue weighted by molar-refractivity contribution is 4.89. The first kappa shape index (κ1) is 15.1. The number of nitrogens with one attached hydrogen (secondary N) is 1. The Hall–Kier alpha value is -0.940. The number of likely N-dealkylation sites (N-methyl/N-ethyl adjacent to an activating group) is 1. The minimum Gasteiger partial charge on any atom is -0.382 e.